The van der Waals surface area contributed by atoms with Gasteiger partial charge >= 0.3 is 16.9 Å². The number of aromatic amines is 2. The molecule has 0 aliphatic carbocycles. The van der Waals surface area contributed by atoms with Gasteiger partial charge in [0.05, 0.1) is 10.6 Å². The van der Waals surface area contributed by atoms with Crippen LogP contribution in [0.2, 0.25) is 0 Å². The van der Waals surface area contributed by atoms with Crippen molar-refractivity contribution in [3.8, 4) is 0 Å². The summed E-state index contributed by atoms with van der Waals surface area (Å²) in [6, 6.07) is 9.33. The average molecular weight is 397 g/mol. The lowest BCUT2D eigenvalue weighted by Gasteiger charge is -2.20. The maximum Gasteiger partial charge on any atom is 0.353 e. The highest BCUT2D eigenvalue weighted by atomic mass is 16.6. The summed E-state index contributed by atoms with van der Waals surface area (Å²) >= 11 is 0. The zero-order valence-electron chi connectivity index (χ0n) is 16.5. The highest BCUT2D eigenvalue weighted by molar-refractivity contribution is 5.42. The summed E-state index contributed by atoms with van der Waals surface area (Å²) < 4.78 is 0.897. The van der Waals surface area contributed by atoms with E-state index in [0.717, 1.165) is 10.1 Å². The maximum absolute atomic E-state index is 12.9. The third-order valence-corrected chi connectivity index (χ3v) is 5.02. The number of nitrogens with one attached hydrogen (secondary N) is 2. The Balaban J connectivity index is 2.12. The van der Waals surface area contributed by atoms with Gasteiger partial charge in [0.25, 0.3) is 0 Å². The van der Waals surface area contributed by atoms with E-state index in [2.05, 4.69) is 15.2 Å². The van der Waals surface area contributed by atoms with E-state index in [-0.39, 0.29) is 18.2 Å². The van der Waals surface area contributed by atoms with Gasteiger partial charge in [0.1, 0.15) is 5.69 Å². The molecule has 0 aliphatic rings. The molecule has 1 atom stereocenters. The van der Waals surface area contributed by atoms with E-state index in [1.165, 1.54) is 0 Å². The van der Waals surface area contributed by atoms with Crippen LogP contribution in [0.3, 0.4) is 0 Å². The van der Waals surface area contributed by atoms with E-state index in [4.69, 9.17) is 0 Å². The largest absolute Gasteiger partial charge is 0.353 e. The maximum atomic E-state index is 12.9. The zero-order valence-corrected chi connectivity index (χ0v) is 16.5. The molecular weight excluding hydrogens is 374 g/mol. The highest BCUT2D eigenvalue weighted by Crippen LogP contribution is 2.34. The molecule has 1 aromatic carbocycles. The molecule has 0 radical (unpaired) electrons. The van der Waals surface area contributed by atoms with E-state index < -0.39 is 27.8 Å². The quantitative estimate of drug-likeness (QED) is 0.468. The minimum Gasteiger partial charge on any atom is -0.304 e. The van der Waals surface area contributed by atoms with E-state index in [1.54, 1.807) is 13.1 Å². The fourth-order valence-electron chi connectivity index (χ4n) is 3.60. The van der Waals surface area contributed by atoms with Crippen molar-refractivity contribution in [1.29, 1.82) is 0 Å². The van der Waals surface area contributed by atoms with Crippen LogP contribution in [0.5, 0.6) is 0 Å². The van der Waals surface area contributed by atoms with Crippen LogP contribution >= 0.6 is 0 Å². The first kappa shape index (κ1) is 20.2. The lowest BCUT2D eigenvalue weighted by molar-refractivity contribution is -0.387. The predicted molar refractivity (Wildman–Crippen MR) is 108 cm³/mol. The van der Waals surface area contributed by atoms with Crippen molar-refractivity contribution < 1.29 is 4.92 Å². The third-order valence-electron chi connectivity index (χ3n) is 5.02. The number of hydrogen-bond donors (Lipinski definition) is 2. The molecule has 2 heterocycles. The number of aromatic nitrogens is 4. The molecule has 3 aromatic rings. The minimum absolute atomic E-state index is 0.0143. The summed E-state index contributed by atoms with van der Waals surface area (Å²) in [5.41, 5.74) is 0.166. The van der Waals surface area contributed by atoms with Gasteiger partial charge in [-0.25, -0.2) is 4.79 Å². The second-order valence-electron chi connectivity index (χ2n) is 7.29. The van der Waals surface area contributed by atoms with E-state index in [0.29, 0.717) is 17.7 Å². The summed E-state index contributed by atoms with van der Waals surface area (Å²) in [7, 11) is 0. The second kappa shape index (κ2) is 8.26. The van der Waals surface area contributed by atoms with Crippen molar-refractivity contribution in [2.45, 2.75) is 39.7 Å². The van der Waals surface area contributed by atoms with Crippen LogP contribution in [0.1, 0.15) is 42.3 Å². The van der Waals surface area contributed by atoms with Gasteiger partial charge in [0, 0.05) is 24.2 Å². The topological polar surface area (TPSA) is 127 Å². The molecule has 3 rings (SSSR count). The van der Waals surface area contributed by atoms with Crippen LogP contribution in [0, 0.1) is 23.0 Å². The SMILES string of the molecule is Cc1n[nH]cc1C(c1[nH]c(=O)n(CCc2ccccc2)c(=O)c1[N+](=O)[O-])C(C)C. The second-order valence-corrected chi connectivity index (χ2v) is 7.29. The van der Waals surface area contributed by atoms with E-state index in [9.17, 15) is 19.7 Å². The van der Waals surface area contributed by atoms with Crippen LogP contribution in [-0.2, 0) is 13.0 Å². The van der Waals surface area contributed by atoms with Crippen LogP contribution in [0.25, 0.3) is 0 Å². The first-order valence-electron chi connectivity index (χ1n) is 9.36. The number of hydrogen-bond acceptors (Lipinski definition) is 5. The highest BCUT2D eigenvalue weighted by Gasteiger charge is 2.33. The van der Waals surface area contributed by atoms with Gasteiger partial charge in [-0.2, -0.15) is 5.10 Å². The molecule has 9 heteroatoms. The number of rotatable bonds is 7. The van der Waals surface area contributed by atoms with Crippen LogP contribution in [0.4, 0.5) is 5.69 Å². The molecule has 9 nitrogen and oxygen atoms in total. The van der Waals surface area contributed by atoms with Crippen LogP contribution in [0.15, 0.2) is 46.1 Å². The molecule has 152 valence electrons. The molecule has 0 fully saturated rings. The van der Waals surface area contributed by atoms with Crippen molar-refractivity contribution in [1.82, 2.24) is 19.7 Å². The molecule has 0 saturated heterocycles. The van der Waals surface area contributed by atoms with Gasteiger partial charge in [-0.1, -0.05) is 44.2 Å². The summed E-state index contributed by atoms with van der Waals surface area (Å²) in [6.07, 6.45) is 2.05. The Morgan fingerprint density at radius 3 is 2.45 bits per heavy atom. The molecule has 2 aromatic heterocycles. The average Bonchev–Trinajstić information content (AvgIpc) is 3.07. The Labute approximate surface area is 166 Å². The molecule has 29 heavy (non-hydrogen) atoms. The molecule has 0 bridgehead atoms. The molecule has 2 N–H and O–H groups in total. The van der Waals surface area contributed by atoms with Gasteiger partial charge in [-0.15, -0.1) is 0 Å². The molecular formula is C20H23N5O4. The van der Waals surface area contributed by atoms with Gasteiger partial charge in [-0.05, 0) is 24.8 Å². The molecule has 0 aliphatic heterocycles. The Morgan fingerprint density at radius 2 is 1.90 bits per heavy atom. The van der Waals surface area contributed by atoms with Crippen molar-refractivity contribution in [2.24, 2.45) is 5.92 Å². The number of nitro groups is 1. The third kappa shape index (κ3) is 4.03. The number of nitrogens with zero attached hydrogens (tertiary/aromatic N) is 3. The predicted octanol–water partition coefficient (Wildman–Crippen LogP) is 2.51. The zero-order chi connectivity index (χ0) is 21.1. The first-order chi connectivity index (χ1) is 13.8. The first-order valence-corrected chi connectivity index (χ1v) is 9.36. The fourth-order valence-corrected chi connectivity index (χ4v) is 3.60. The van der Waals surface area contributed by atoms with Crippen LogP contribution < -0.4 is 11.2 Å². The number of benzene rings is 1. The van der Waals surface area contributed by atoms with Gasteiger partial charge in [0.15, 0.2) is 0 Å². The number of H-pyrrole nitrogens is 2. The van der Waals surface area contributed by atoms with E-state index >= 15 is 0 Å². The monoisotopic (exact) mass is 397 g/mol. The Kier molecular flexibility index (Phi) is 5.76. The minimum atomic E-state index is -0.892. The fraction of sp³-hybridized carbons (Fsp3) is 0.350. The normalized spacial score (nSPS) is 12.3. The van der Waals surface area contributed by atoms with Gasteiger partial charge in [0.2, 0.25) is 0 Å². The summed E-state index contributed by atoms with van der Waals surface area (Å²) in [4.78, 5) is 39.4. The van der Waals surface area contributed by atoms with Gasteiger partial charge < -0.3 is 4.98 Å². The van der Waals surface area contributed by atoms with Crippen molar-refractivity contribution in [2.75, 3.05) is 0 Å². The van der Waals surface area contributed by atoms with Crippen molar-refractivity contribution >= 4 is 5.69 Å². The lowest BCUT2D eigenvalue weighted by Crippen LogP contribution is -2.39. The molecule has 0 amide bonds. The van der Waals surface area contributed by atoms with Crippen molar-refractivity contribution in [3.05, 3.63) is 90.0 Å². The molecule has 1 unspecified atom stereocenters. The molecule has 0 spiro atoms. The molecule has 0 saturated carbocycles. The summed E-state index contributed by atoms with van der Waals surface area (Å²) in [5.74, 6) is -0.654. The summed E-state index contributed by atoms with van der Waals surface area (Å²) in [5, 5.41) is 18.6. The van der Waals surface area contributed by atoms with E-state index in [1.807, 2.05) is 44.2 Å². The lowest BCUT2D eigenvalue weighted by atomic mass is 9.85. The summed E-state index contributed by atoms with van der Waals surface area (Å²) in [6.45, 7) is 5.57. The van der Waals surface area contributed by atoms with Crippen LogP contribution in [-0.4, -0.2) is 24.7 Å². The van der Waals surface area contributed by atoms with Crippen molar-refractivity contribution in [3.63, 3.8) is 0 Å². The smallest absolute Gasteiger partial charge is 0.304 e. The standard InChI is InChI=1S/C20H23N5O4/c1-12(2)16(15-11-21-23-13(15)3)17-18(25(28)29)19(26)24(20(27)22-17)10-9-14-7-5-4-6-8-14/h4-8,11-12,16H,9-10H2,1-3H3,(H,21,23)(H,22,27). The Morgan fingerprint density at radius 1 is 1.21 bits per heavy atom. The Hall–Kier alpha value is -3.49. The van der Waals surface area contributed by atoms with Gasteiger partial charge in [-0.3, -0.25) is 24.6 Å². The Bertz CT molecular complexity index is 1130. The number of aryl methyl sites for hydroxylation is 2.